The molecule has 1 aromatic carbocycles. The second kappa shape index (κ2) is 10.1. The smallest absolute Gasteiger partial charge is 0.317 e. The van der Waals surface area contributed by atoms with E-state index in [9.17, 15) is 9.59 Å². The number of anilines is 2. The average Bonchev–Trinajstić information content (AvgIpc) is 2.73. The van der Waals surface area contributed by atoms with Gasteiger partial charge in [0.2, 0.25) is 0 Å². The van der Waals surface area contributed by atoms with E-state index in [1.54, 1.807) is 0 Å². The molecule has 2 atom stereocenters. The van der Waals surface area contributed by atoms with Gasteiger partial charge in [0.25, 0.3) is 0 Å². The number of amides is 4. The van der Waals surface area contributed by atoms with Crippen LogP contribution in [0.1, 0.15) is 33.3 Å². The Balaban J connectivity index is 1.64. The highest BCUT2D eigenvalue weighted by Gasteiger charge is 2.29. The third kappa shape index (κ3) is 5.17. The minimum atomic E-state index is 0.0291. The van der Waals surface area contributed by atoms with E-state index in [1.807, 2.05) is 23.6 Å². The van der Waals surface area contributed by atoms with Crippen LogP contribution in [0.15, 0.2) is 18.2 Å². The fraction of sp³-hybridized carbons (Fsp3) is 0.652. The van der Waals surface area contributed by atoms with Crippen molar-refractivity contribution in [3.63, 3.8) is 0 Å². The fourth-order valence-corrected chi connectivity index (χ4v) is 4.69. The highest BCUT2D eigenvalue weighted by Crippen LogP contribution is 2.29. The molecule has 0 radical (unpaired) electrons. The summed E-state index contributed by atoms with van der Waals surface area (Å²) >= 11 is 0. The SMILES string of the molecule is CCNC(=O)N1CCN(c2ccc(N3CCN(C(=O)NCC)[C@H](C)C3)c(C)c2)[C@H](C)C1. The molecule has 0 saturated carbocycles. The molecule has 0 aromatic heterocycles. The minimum absolute atomic E-state index is 0.0291. The molecule has 2 heterocycles. The lowest BCUT2D eigenvalue weighted by Crippen LogP contribution is -2.56. The number of nitrogens with zero attached hydrogens (tertiary/aromatic N) is 4. The number of carbonyl (C=O) groups excluding carboxylic acids is 2. The van der Waals surface area contributed by atoms with E-state index >= 15 is 0 Å². The molecule has 0 aliphatic carbocycles. The van der Waals surface area contributed by atoms with Crippen LogP contribution < -0.4 is 20.4 Å². The van der Waals surface area contributed by atoms with Crippen LogP contribution in [0, 0.1) is 6.92 Å². The molecular formula is C23H38N6O2. The summed E-state index contributed by atoms with van der Waals surface area (Å²) in [5.74, 6) is 0. The Hall–Kier alpha value is -2.64. The molecular weight excluding hydrogens is 392 g/mol. The lowest BCUT2D eigenvalue weighted by atomic mass is 10.1. The van der Waals surface area contributed by atoms with Crippen molar-refractivity contribution in [2.75, 3.05) is 62.2 Å². The van der Waals surface area contributed by atoms with Crippen LogP contribution in [0.2, 0.25) is 0 Å². The number of hydrogen-bond donors (Lipinski definition) is 2. The van der Waals surface area contributed by atoms with Gasteiger partial charge in [-0.25, -0.2) is 9.59 Å². The quantitative estimate of drug-likeness (QED) is 0.770. The van der Waals surface area contributed by atoms with Crippen molar-refractivity contribution >= 4 is 23.4 Å². The van der Waals surface area contributed by atoms with Gasteiger partial charge in [-0.05, 0) is 58.4 Å². The van der Waals surface area contributed by atoms with Gasteiger partial charge in [-0.3, -0.25) is 0 Å². The fourth-order valence-electron chi connectivity index (χ4n) is 4.69. The van der Waals surface area contributed by atoms with E-state index in [0.717, 1.165) is 39.3 Å². The molecule has 31 heavy (non-hydrogen) atoms. The maximum atomic E-state index is 12.2. The summed E-state index contributed by atoms with van der Waals surface area (Å²) in [6, 6.07) is 7.16. The number of rotatable bonds is 4. The van der Waals surface area contributed by atoms with Crippen LogP contribution in [-0.4, -0.2) is 86.3 Å². The van der Waals surface area contributed by atoms with Crippen LogP contribution in [0.5, 0.6) is 0 Å². The largest absolute Gasteiger partial charge is 0.367 e. The Morgan fingerprint density at radius 3 is 2.26 bits per heavy atom. The second-order valence-electron chi connectivity index (χ2n) is 8.62. The highest BCUT2D eigenvalue weighted by molar-refractivity contribution is 5.75. The molecule has 1 aromatic rings. The lowest BCUT2D eigenvalue weighted by molar-refractivity contribution is 0.172. The van der Waals surface area contributed by atoms with E-state index < -0.39 is 0 Å². The van der Waals surface area contributed by atoms with Crippen LogP contribution in [-0.2, 0) is 0 Å². The molecule has 2 fully saturated rings. The van der Waals surface area contributed by atoms with E-state index in [0.29, 0.717) is 13.1 Å². The molecule has 2 saturated heterocycles. The summed E-state index contributed by atoms with van der Waals surface area (Å²) in [5, 5.41) is 5.81. The minimum Gasteiger partial charge on any atom is -0.367 e. The van der Waals surface area contributed by atoms with Crippen LogP contribution in [0.25, 0.3) is 0 Å². The summed E-state index contributed by atoms with van der Waals surface area (Å²) in [6.45, 7) is 16.4. The van der Waals surface area contributed by atoms with Gasteiger partial charge in [0.05, 0.1) is 0 Å². The summed E-state index contributed by atoms with van der Waals surface area (Å²) in [6.07, 6.45) is 0. The third-order valence-electron chi connectivity index (χ3n) is 6.31. The van der Waals surface area contributed by atoms with E-state index in [1.165, 1.54) is 16.9 Å². The Bertz CT molecular complexity index is 785. The maximum Gasteiger partial charge on any atom is 0.317 e. The Labute approximate surface area is 186 Å². The topological polar surface area (TPSA) is 71.2 Å². The van der Waals surface area contributed by atoms with E-state index in [-0.39, 0.29) is 24.1 Å². The molecule has 172 valence electrons. The van der Waals surface area contributed by atoms with Crippen LogP contribution in [0.3, 0.4) is 0 Å². The summed E-state index contributed by atoms with van der Waals surface area (Å²) in [5.41, 5.74) is 3.69. The summed E-state index contributed by atoms with van der Waals surface area (Å²) in [7, 11) is 0. The van der Waals surface area contributed by atoms with Gasteiger partial charge in [-0.15, -0.1) is 0 Å². The predicted molar refractivity (Wildman–Crippen MR) is 126 cm³/mol. The van der Waals surface area contributed by atoms with E-state index in [4.69, 9.17) is 0 Å². The van der Waals surface area contributed by atoms with Crippen LogP contribution in [0.4, 0.5) is 21.0 Å². The molecule has 0 spiro atoms. The number of benzene rings is 1. The Morgan fingerprint density at radius 2 is 1.65 bits per heavy atom. The number of carbonyl (C=O) groups is 2. The van der Waals surface area contributed by atoms with Gasteiger partial charge in [-0.2, -0.15) is 0 Å². The van der Waals surface area contributed by atoms with Crippen molar-refractivity contribution in [2.45, 2.75) is 46.7 Å². The first-order chi connectivity index (χ1) is 14.8. The first kappa shape index (κ1) is 23.0. The maximum absolute atomic E-state index is 12.2. The molecule has 8 nitrogen and oxygen atoms in total. The first-order valence-corrected chi connectivity index (χ1v) is 11.5. The average molecular weight is 431 g/mol. The zero-order valence-electron chi connectivity index (χ0n) is 19.6. The number of nitrogens with one attached hydrogen (secondary N) is 2. The number of hydrogen-bond acceptors (Lipinski definition) is 4. The van der Waals surface area contributed by atoms with Gasteiger partial charge >= 0.3 is 12.1 Å². The molecule has 8 heteroatoms. The normalized spacial score (nSPS) is 21.8. The molecule has 2 aliphatic rings. The number of aryl methyl sites for hydroxylation is 1. The highest BCUT2D eigenvalue weighted by atomic mass is 16.2. The van der Waals surface area contributed by atoms with E-state index in [2.05, 4.69) is 59.4 Å². The Kier molecular flexibility index (Phi) is 7.51. The number of piperazine rings is 2. The van der Waals surface area contributed by atoms with Gasteiger partial charge < -0.3 is 30.2 Å². The van der Waals surface area contributed by atoms with Gasteiger partial charge in [-0.1, -0.05) is 0 Å². The molecule has 4 amide bonds. The van der Waals surface area contributed by atoms with Crippen molar-refractivity contribution < 1.29 is 9.59 Å². The molecule has 0 unspecified atom stereocenters. The van der Waals surface area contributed by atoms with Crippen molar-refractivity contribution in [1.29, 1.82) is 0 Å². The van der Waals surface area contributed by atoms with Gasteiger partial charge in [0, 0.05) is 75.8 Å². The molecule has 2 aliphatic heterocycles. The van der Waals surface area contributed by atoms with Crippen molar-refractivity contribution in [3.05, 3.63) is 23.8 Å². The zero-order chi connectivity index (χ0) is 22.5. The first-order valence-electron chi connectivity index (χ1n) is 11.5. The van der Waals surface area contributed by atoms with Gasteiger partial charge in [0.1, 0.15) is 0 Å². The molecule has 0 bridgehead atoms. The monoisotopic (exact) mass is 430 g/mol. The molecule has 2 N–H and O–H groups in total. The van der Waals surface area contributed by atoms with Crippen molar-refractivity contribution in [3.8, 4) is 0 Å². The van der Waals surface area contributed by atoms with Crippen molar-refractivity contribution in [2.24, 2.45) is 0 Å². The lowest BCUT2D eigenvalue weighted by Gasteiger charge is -2.42. The standard InChI is InChI=1S/C23H38N6O2/c1-6-24-22(30)27-11-12-28(18(4)16-27)20-8-9-21(17(3)14-20)26-10-13-29(19(5)15-26)23(31)25-7-2/h8-9,14,18-19H,6-7,10-13,15-16H2,1-5H3,(H,24,30)(H,25,31)/t18-,19-/m1/s1. The van der Waals surface area contributed by atoms with Crippen molar-refractivity contribution in [1.82, 2.24) is 20.4 Å². The van der Waals surface area contributed by atoms with Crippen LogP contribution >= 0.6 is 0 Å². The molecule has 3 rings (SSSR count). The summed E-state index contributed by atoms with van der Waals surface area (Å²) in [4.78, 5) is 33.0. The predicted octanol–water partition coefficient (Wildman–Crippen LogP) is 2.48. The second-order valence-corrected chi connectivity index (χ2v) is 8.62. The zero-order valence-corrected chi connectivity index (χ0v) is 19.6. The van der Waals surface area contributed by atoms with Gasteiger partial charge in [0.15, 0.2) is 0 Å². The Morgan fingerprint density at radius 1 is 0.935 bits per heavy atom. The summed E-state index contributed by atoms with van der Waals surface area (Å²) < 4.78 is 0. The number of urea groups is 2. The third-order valence-corrected chi connectivity index (χ3v) is 6.31.